The minimum atomic E-state index is -0.453. The summed E-state index contributed by atoms with van der Waals surface area (Å²) in [5.74, 6) is 1.27. The Hall–Kier alpha value is -3.58. The third kappa shape index (κ3) is 3.72. The second kappa shape index (κ2) is 7.81. The summed E-state index contributed by atoms with van der Waals surface area (Å²) in [6.07, 6.45) is 1.63. The number of thiophene rings is 1. The van der Waals surface area contributed by atoms with Gasteiger partial charge in [-0.3, -0.25) is 4.79 Å². The third-order valence-electron chi connectivity index (χ3n) is 4.28. The predicted molar refractivity (Wildman–Crippen MR) is 108 cm³/mol. The van der Waals surface area contributed by atoms with E-state index in [1.807, 2.05) is 0 Å². The average Bonchev–Trinajstić information content (AvgIpc) is 3.37. The van der Waals surface area contributed by atoms with Crippen molar-refractivity contribution in [1.82, 2.24) is 0 Å². The Balaban J connectivity index is 1.57. The first-order valence-corrected chi connectivity index (χ1v) is 9.53. The zero-order valence-corrected chi connectivity index (χ0v) is 16.4. The Morgan fingerprint density at radius 2 is 1.86 bits per heavy atom. The highest BCUT2D eigenvalue weighted by Gasteiger charge is 2.28. The summed E-state index contributed by atoms with van der Waals surface area (Å²) in [7, 11) is 3.10. The van der Waals surface area contributed by atoms with Crippen molar-refractivity contribution in [2.24, 2.45) is 0 Å². The average molecular weight is 408 g/mol. The lowest BCUT2D eigenvalue weighted by Gasteiger charge is -2.08. The molecule has 4 rings (SSSR count). The lowest BCUT2D eigenvalue weighted by atomic mass is 10.1. The zero-order valence-electron chi connectivity index (χ0n) is 15.6. The van der Waals surface area contributed by atoms with Gasteiger partial charge in [-0.05, 0) is 47.4 Å². The number of esters is 1. The molecule has 0 atom stereocenters. The fourth-order valence-corrected chi connectivity index (χ4v) is 3.48. The van der Waals surface area contributed by atoms with E-state index in [1.54, 1.807) is 68.1 Å². The number of hydrogen-bond donors (Lipinski definition) is 0. The number of allylic oxidation sites excluding steroid dienone is 1. The highest BCUT2D eigenvalue weighted by Crippen LogP contribution is 2.36. The molecule has 29 heavy (non-hydrogen) atoms. The summed E-state index contributed by atoms with van der Waals surface area (Å²) in [6, 6.07) is 13.5. The van der Waals surface area contributed by atoms with Crippen molar-refractivity contribution in [2.45, 2.75) is 0 Å². The SMILES string of the molecule is COc1ccc(/C=C2/Oc3cc(OC(=O)c4cccs4)ccc3C2=O)cc1OC. The first kappa shape index (κ1) is 18.8. The number of fused-ring (bicyclic) bond motifs is 1. The van der Waals surface area contributed by atoms with Crippen molar-refractivity contribution in [2.75, 3.05) is 14.2 Å². The fourth-order valence-electron chi connectivity index (χ4n) is 2.88. The largest absolute Gasteiger partial charge is 0.493 e. The Kier molecular flexibility index (Phi) is 5.05. The summed E-state index contributed by atoms with van der Waals surface area (Å²) in [5.41, 5.74) is 1.14. The number of benzene rings is 2. The van der Waals surface area contributed by atoms with E-state index in [0.717, 1.165) is 5.56 Å². The maximum atomic E-state index is 12.6. The molecule has 0 radical (unpaired) electrons. The molecule has 2 aromatic carbocycles. The molecule has 3 aromatic rings. The second-order valence-corrected chi connectivity index (χ2v) is 7.03. The molecule has 0 fully saturated rings. The minimum Gasteiger partial charge on any atom is -0.493 e. The summed E-state index contributed by atoms with van der Waals surface area (Å²) < 4.78 is 21.6. The van der Waals surface area contributed by atoms with Crippen LogP contribution in [0.2, 0.25) is 0 Å². The van der Waals surface area contributed by atoms with Crippen molar-refractivity contribution in [3.8, 4) is 23.0 Å². The van der Waals surface area contributed by atoms with Gasteiger partial charge in [-0.1, -0.05) is 12.1 Å². The van der Waals surface area contributed by atoms with Gasteiger partial charge < -0.3 is 18.9 Å². The topological polar surface area (TPSA) is 71.1 Å². The monoisotopic (exact) mass is 408 g/mol. The van der Waals surface area contributed by atoms with Crippen LogP contribution in [0, 0.1) is 0 Å². The number of carbonyl (C=O) groups is 2. The maximum absolute atomic E-state index is 12.6. The Morgan fingerprint density at radius 1 is 1.03 bits per heavy atom. The molecule has 2 heterocycles. The molecule has 1 aliphatic heterocycles. The van der Waals surface area contributed by atoms with E-state index in [0.29, 0.717) is 33.4 Å². The molecular weight excluding hydrogens is 392 g/mol. The van der Waals surface area contributed by atoms with Gasteiger partial charge in [0.2, 0.25) is 5.78 Å². The molecule has 146 valence electrons. The zero-order chi connectivity index (χ0) is 20.4. The third-order valence-corrected chi connectivity index (χ3v) is 5.13. The number of rotatable bonds is 5. The van der Waals surface area contributed by atoms with Gasteiger partial charge in [0.1, 0.15) is 16.4 Å². The Bertz CT molecular complexity index is 1110. The molecule has 0 bridgehead atoms. The summed E-state index contributed by atoms with van der Waals surface area (Å²) in [4.78, 5) is 25.2. The first-order chi connectivity index (χ1) is 14.1. The number of Topliss-reactive ketones (excluding diaryl/α,β-unsaturated/α-hetero) is 1. The van der Waals surface area contributed by atoms with Gasteiger partial charge in [-0.15, -0.1) is 11.3 Å². The van der Waals surface area contributed by atoms with Crippen LogP contribution in [-0.2, 0) is 0 Å². The van der Waals surface area contributed by atoms with E-state index >= 15 is 0 Å². The van der Waals surface area contributed by atoms with Crippen LogP contribution in [-0.4, -0.2) is 26.0 Å². The van der Waals surface area contributed by atoms with Crippen LogP contribution in [0.3, 0.4) is 0 Å². The molecule has 7 heteroatoms. The second-order valence-electron chi connectivity index (χ2n) is 6.08. The Labute approximate surface area is 170 Å². The van der Waals surface area contributed by atoms with Crippen LogP contribution in [0.25, 0.3) is 6.08 Å². The highest BCUT2D eigenvalue weighted by molar-refractivity contribution is 7.12. The smallest absolute Gasteiger partial charge is 0.353 e. The number of ketones is 1. The van der Waals surface area contributed by atoms with Gasteiger partial charge in [0.25, 0.3) is 0 Å². The molecule has 0 spiro atoms. The van der Waals surface area contributed by atoms with Crippen LogP contribution >= 0.6 is 11.3 Å². The van der Waals surface area contributed by atoms with Gasteiger partial charge in [-0.2, -0.15) is 0 Å². The number of ether oxygens (including phenoxy) is 4. The van der Waals surface area contributed by atoms with Crippen LogP contribution < -0.4 is 18.9 Å². The standard InChI is InChI=1S/C22H16O6S/c1-25-16-8-5-13(10-18(16)26-2)11-19-21(23)15-7-6-14(12-17(15)28-19)27-22(24)20-4-3-9-29-20/h3-12H,1-2H3/b19-11+. The number of methoxy groups -OCH3 is 2. The maximum Gasteiger partial charge on any atom is 0.353 e. The molecule has 1 aliphatic rings. The molecule has 1 aromatic heterocycles. The van der Waals surface area contributed by atoms with Gasteiger partial charge in [0, 0.05) is 6.07 Å². The van der Waals surface area contributed by atoms with E-state index in [1.165, 1.54) is 17.4 Å². The van der Waals surface area contributed by atoms with Gasteiger partial charge in [0.15, 0.2) is 17.3 Å². The predicted octanol–water partition coefficient (Wildman–Crippen LogP) is 4.60. The molecule has 0 amide bonds. The lowest BCUT2D eigenvalue weighted by molar-refractivity contribution is 0.0739. The van der Waals surface area contributed by atoms with Crippen LogP contribution in [0.4, 0.5) is 0 Å². The molecule has 0 saturated heterocycles. The normalized spacial score (nSPS) is 13.7. The summed E-state index contributed by atoms with van der Waals surface area (Å²) in [6.45, 7) is 0. The first-order valence-electron chi connectivity index (χ1n) is 8.65. The minimum absolute atomic E-state index is 0.175. The highest BCUT2D eigenvalue weighted by atomic mass is 32.1. The van der Waals surface area contributed by atoms with Crippen molar-refractivity contribution in [3.05, 3.63) is 75.7 Å². The van der Waals surface area contributed by atoms with E-state index < -0.39 is 5.97 Å². The van der Waals surface area contributed by atoms with Crippen molar-refractivity contribution in [3.63, 3.8) is 0 Å². The molecular formula is C22H16O6S. The fraction of sp³-hybridized carbons (Fsp3) is 0.0909. The van der Waals surface area contributed by atoms with E-state index in [4.69, 9.17) is 18.9 Å². The van der Waals surface area contributed by atoms with Crippen molar-refractivity contribution < 1.29 is 28.5 Å². The van der Waals surface area contributed by atoms with E-state index in [9.17, 15) is 9.59 Å². The molecule has 6 nitrogen and oxygen atoms in total. The van der Waals surface area contributed by atoms with Crippen molar-refractivity contribution in [1.29, 1.82) is 0 Å². The number of carbonyl (C=O) groups excluding carboxylic acids is 2. The van der Waals surface area contributed by atoms with Gasteiger partial charge in [-0.25, -0.2) is 4.79 Å². The van der Waals surface area contributed by atoms with Gasteiger partial charge >= 0.3 is 5.97 Å². The van der Waals surface area contributed by atoms with E-state index in [-0.39, 0.29) is 11.5 Å². The van der Waals surface area contributed by atoms with Crippen LogP contribution in [0.15, 0.2) is 59.7 Å². The molecule has 0 saturated carbocycles. The summed E-state index contributed by atoms with van der Waals surface area (Å²) in [5, 5.41) is 1.80. The van der Waals surface area contributed by atoms with Crippen LogP contribution in [0.1, 0.15) is 25.6 Å². The molecule has 0 N–H and O–H groups in total. The lowest BCUT2D eigenvalue weighted by Crippen LogP contribution is -2.06. The van der Waals surface area contributed by atoms with Crippen LogP contribution in [0.5, 0.6) is 23.0 Å². The Morgan fingerprint density at radius 3 is 2.59 bits per heavy atom. The molecule has 0 unspecified atom stereocenters. The number of hydrogen-bond acceptors (Lipinski definition) is 7. The van der Waals surface area contributed by atoms with Gasteiger partial charge in [0.05, 0.1) is 19.8 Å². The van der Waals surface area contributed by atoms with Crippen molar-refractivity contribution >= 4 is 29.2 Å². The summed E-state index contributed by atoms with van der Waals surface area (Å²) >= 11 is 1.30. The van der Waals surface area contributed by atoms with E-state index in [2.05, 4.69) is 0 Å². The molecule has 0 aliphatic carbocycles. The quantitative estimate of drug-likeness (QED) is 0.349.